The number of anilines is 1. The Morgan fingerprint density at radius 2 is 2.23 bits per heavy atom. The summed E-state index contributed by atoms with van der Waals surface area (Å²) in [5.41, 5.74) is 1.01. The van der Waals surface area contributed by atoms with Crippen molar-refractivity contribution in [1.82, 2.24) is 20.1 Å². The first-order chi connectivity index (χ1) is 10.6. The fourth-order valence-electron chi connectivity index (χ4n) is 2.62. The van der Waals surface area contributed by atoms with Gasteiger partial charge in [0, 0.05) is 57.6 Å². The smallest absolute Gasteiger partial charge is 0.221 e. The first kappa shape index (κ1) is 16.7. The standard InChI is InChI=1S/C16H27N5O/c1-20-9-10-21(2)15(13-20)11-16(22)19-8-4-7-18-14-5-3-6-17-12-14/h3,5-6,12,15,18H,4,7-11,13H2,1-2H3,(H,19,22)/t15-/m0/s1. The Hall–Kier alpha value is -1.66. The molecule has 1 aliphatic rings. The minimum atomic E-state index is 0.147. The van der Waals surface area contributed by atoms with Crippen LogP contribution in [0.1, 0.15) is 12.8 Å². The fraction of sp³-hybridized carbons (Fsp3) is 0.625. The van der Waals surface area contributed by atoms with Crippen LogP contribution in [0.2, 0.25) is 0 Å². The minimum Gasteiger partial charge on any atom is -0.384 e. The van der Waals surface area contributed by atoms with Gasteiger partial charge in [0.25, 0.3) is 0 Å². The van der Waals surface area contributed by atoms with Crippen LogP contribution in [0.3, 0.4) is 0 Å². The molecule has 1 amide bonds. The minimum absolute atomic E-state index is 0.147. The Balaban J connectivity index is 1.57. The highest BCUT2D eigenvalue weighted by Crippen LogP contribution is 2.09. The molecule has 0 aliphatic carbocycles. The number of nitrogens with one attached hydrogen (secondary N) is 2. The molecule has 1 atom stereocenters. The number of piperazine rings is 1. The third-order valence-electron chi connectivity index (χ3n) is 4.07. The lowest BCUT2D eigenvalue weighted by atomic mass is 10.1. The molecule has 6 nitrogen and oxygen atoms in total. The molecule has 2 N–H and O–H groups in total. The highest BCUT2D eigenvalue weighted by Gasteiger charge is 2.24. The number of hydrogen-bond acceptors (Lipinski definition) is 5. The van der Waals surface area contributed by atoms with E-state index < -0.39 is 0 Å². The van der Waals surface area contributed by atoms with Crippen LogP contribution in [0, 0.1) is 0 Å². The summed E-state index contributed by atoms with van der Waals surface area (Å²) in [4.78, 5) is 20.6. The Labute approximate surface area is 132 Å². The zero-order valence-electron chi connectivity index (χ0n) is 13.6. The van der Waals surface area contributed by atoms with E-state index in [4.69, 9.17) is 0 Å². The molecule has 2 heterocycles. The van der Waals surface area contributed by atoms with Gasteiger partial charge in [-0.05, 0) is 32.6 Å². The summed E-state index contributed by atoms with van der Waals surface area (Å²) in [6, 6.07) is 4.22. The molecule has 1 saturated heterocycles. The molecule has 122 valence electrons. The average molecular weight is 305 g/mol. The number of pyridine rings is 1. The molecular formula is C16H27N5O. The van der Waals surface area contributed by atoms with E-state index in [9.17, 15) is 4.79 Å². The van der Waals surface area contributed by atoms with Crippen LogP contribution >= 0.6 is 0 Å². The summed E-state index contributed by atoms with van der Waals surface area (Å²) >= 11 is 0. The van der Waals surface area contributed by atoms with Crippen LogP contribution in [-0.2, 0) is 4.79 Å². The van der Waals surface area contributed by atoms with Crippen LogP contribution in [0.25, 0.3) is 0 Å². The molecular weight excluding hydrogens is 278 g/mol. The molecule has 6 heteroatoms. The van der Waals surface area contributed by atoms with Crippen molar-refractivity contribution in [2.24, 2.45) is 0 Å². The maximum Gasteiger partial charge on any atom is 0.221 e. The maximum absolute atomic E-state index is 12.0. The van der Waals surface area contributed by atoms with Gasteiger partial charge in [-0.1, -0.05) is 0 Å². The second kappa shape index (κ2) is 8.70. The summed E-state index contributed by atoms with van der Waals surface area (Å²) < 4.78 is 0. The van der Waals surface area contributed by atoms with Crippen molar-refractivity contribution in [2.75, 3.05) is 52.1 Å². The lowest BCUT2D eigenvalue weighted by molar-refractivity contribution is -0.122. The number of carbonyl (C=O) groups excluding carboxylic acids is 1. The SMILES string of the molecule is CN1CCN(C)[C@@H](CC(=O)NCCCNc2cccnc2)C1. The quantitative estimate of drug-likeness (QED) is 0.724. The van der Waals surface area contributed by atoms with Crippen LogP contribution in [0.4, 0.5) is 5.69 Å². The predicted octanol–water partition coefficient (Wildman–Crippen LogP) is 0.636. The molecule has 0 bridgehead atoms. The van der Waals surface area contributed by atoms with Crippen molar-refractivity contribution in [1.29, 1.82) is 0 Å². The molecule has 0 spiro atoms. The number of hydrogen-bond donors (Lipinski definition) is 2. The summed E-state index contributed by atoms with van der Waals surface area (Å²) in [6.45, 7) is 4.61. The number of amides is 1. The normalized spacial score (nSPS) is 19.8. The molecule has 0 saturated carbocycles. The van der Waals surface area contributed by atoms with E-state index in [1.807, 2.05) is 12.1 Å². The van der Waals surface area contributed by atoms with Gasteiger partial charge in [0.1, 0.15) is 0 Å². The van der Waals surface area contributed by atoms with E-state index in [2.05, 4.69) is 39.5 Å². The number of nitrogens with zero attached hydrogens (tertiary/aromatic N) is 3. The van der Waals surface area contributed by atoms with Gasteiger partial charge in [0.05, 0.1) is 5.69 Å². The van der Waals surface area contributed by atoms with Gasteiger partial charge >= 0.3 is 0 Å². The molecule has 0 radical (unpaired) electrons. The monoisotopic (exact) mass is 305 g/mol. The van der Waals surface area contributed by atoms with E-state index in [-0.39, 0.29) is 5.91 Å². The number of likely N-dealkylation sites (N-methyl/N-ethyl adjacent to an activating group) is 2. The van der Waals surface area contributed by atoms with Crippen molar-refractivity contribution >= 4 is 11.6 Å². The van der Waals surface area contributed by atoms with Crippen LogP contribution in [-0.4, -0.2) is 73.6 Å². The van der Waals surface area contributed by atoms with E-state index in [1.165, 1.54) is 0 Å². The highest BCUT2D eigenvalue weighted by molar-refractivity contribution is 5.76. The zero-order chi connectivity index (χ0) is 15.8. The van der Waals surface area contributed by atoms with Crippen LogP contribution in [0.15, 0.2) is 24.5 Å². The zero-order valence-corrected chi connectivity index (χ0v) is 13.6. The van der Waals surface area contributed by atoms with Crippen molar-refractivity contribution in [3.05, 3.63) is 24.5 Å². The van der Waals surface area contributed by atoms with Gasteiger partial charge in [-0.3, -0.25) is 9.78 Å². The van der Waals surface area contributed by atoms with Gasteiger partial charge < -0.3 is 20.4 Å². The summed E-state index contributed by atoms with van der Waals surface area (Å²) in [6.07, 6.45) is 5.04. The van der Waals surface area contributed by atoms with E-state index in [0.29, 0.717) is 19.0 Å². The van der Waals surface area contributed by atoms with E-state index in [1.54, 1.807) is 12.4 Å². The van der Waals surface area contributed by atoms with Gasteiger partial charge in [-0.15, -0.1) is 0 Å². The molecule has 1 aromatic rings. The molecule has 1 aromatic heterocycles. The van der Waals surface area contributed by atoms with Crippen molar-refractivity contribution in [3.63, 3.8) is 0 Å². The van der Waals surface area contributed by atoms with Gasteiger partial charge in [0.2, 0.25) is 5.91 Å². The lowest BCUT2D eigenvalue weighted by Gasteiger charge is -2.37. The first-order valence-electron chi connectivity index (χ1n) is 7.94. The summed E-state index contributed by atoms with van der Waals surface area (Å²) in [7, 11) is 4.21. The van der Waals surface area contributed by atoms with Crippen molar-refractivity contribution in [3.8, 4) is 0 Å². The Morgan fingerprint density at radius 3 is 3.00 bits per heavy atom. The van der Waals surface area contributed by atoms with E-state index in [0.717, 1.165) is 38.3 Å². The van der Waals surface area contributed by atoms with Gasteiger partial charge in [-0.25, -0.2) is 0 Å². The number of aromatic nitrogens is 1. The largest absolute Gasteiger partial charge is 0.384 e. The first-order valence-corrected chi connectivity index (χ1v) is 7.94. The topological polar surface area (TPSA) is 60.5 Å². The summed E-state index contributed by atoms with van der Waals surface area (Å²) in [5.74, 6) is 0.147. The summed E-state index contributed by atoms with van der Waals surface area (Å²) in [5, 5.41) is 6.30. The Morgan fingerprint density at radius 1 is 1.36 bits per heavy atom. The fourth-order valence-corrected chi connectivity index (χ4v) is 2.62. The van der Waals surface area contributed by atoms with E-state index >= 15 is 0 Å². The molecule has 22 heavy (non-hydrogen) atoms. The predicted molar refractivity (Wildman–Crippen MR) is 88.9 cm³/mol. The maximum atomic E-state index is 12.0. The molecule has 0 aromatic carbocycles. The third-order valence-corrected chi connectivity index (χ3v) is 4.07. The third kappa shape index (κ3) is 5.61. The molecule has 1 fully saturated rings. The molecule has 0 unspecified atom stereocenters. The highest BCUT2D eigenvalue weighted by atomic mass is 16.1. The van der Waals surface area contributed by atoms with Gasteiger partial charge in [-0.2, -0.15) is 0 Å². The second-order valence-electron chi connectivity index (χ2n) is 5.97. The van der Waals surface area contributed by atoms with Crippen LogP contribution in [0.5, 0.6) is 0 Å². The molecule has 1 aliphatic heterocycles. The van der Waals surface area contributed by atoms with Gasteiger partial charge in [0.15, 0.2) is 0 Å². The number of rotatable bonds is 7. The van der Waals surface area contributed by atoms with Crippen LogP contribution < -0.4 is 10.6 Å². The second-order valence-corrected chi connectivity index (χ2v) is 5.97. The van der Waals surface area contributed by atoms with Crippen molar-refractivity contribution in [2.45, 2.75) is 18.9 Å². The average Bonchev–Trinajstić information content (AvgIpc) is 2.51. The molecule has 2 rings (SSSR count). The number of carbonyl (C=O) groups is 1. The lowest BCUT2D eigenvalue weighted by Crippen LogP contribution is -2.51. The van der Waals surface area contributed by atoms with Crippen molar-refractivity contribution < 1.29 is 4.79 Å². The Kier molecular flexibility index (Phi) is 6.61. The Bertz CT molecular complexity index is 453.